The molecule has 1 aromatic carbocycles. The molecule has 0 spiro atoms. The van der Waals surface area contributed by atoms with E-state index in [-0.39, 0.29) is 11.9 Å². The molecule has 0 aliphatic carbocycles. The summed E-state index contributed by atoms with van der Waals surface area (Å²) in [6.45, 7) is 6.35. The number of halogens is 1. The fourth-order valence-corrected chi connectivity index (χ4v) is 2.31. The highest BCUT2D eigenvalue weighted by Crippen LogP contribution is 2.22. The standard InChI is InChI=1S/C14H20ClNOS/c1-9(2)7-10(3)16(4)14(17)12-8-11(18)5-6-13(12)15/h5-6,8-10,18H,7H2,1-4H3. The van der Waals surface area contributed by atoms with E-state index in [9.17, 15) is 4.79 Å². The third kappa shape index (κ3) is 3.92. The minimum Gasteiger partial charge on any atom is -0.339 e. The molecule has 1 amide bonds. The van der Waals surface area contributed by atoms with Gasteiger partial charge in [0.1, 0.15) is 0 Å². The van der Waals surface area contributed by atoms with E-state index in [1.807, 2.05) is 7.05 Å². The van der Waals surface area contributed by atoms with Crippen molar-refractivity contribution in [3.63, 3.8) is 0 Å². The van der Waals surface area contributed by atoms with Crippen LogP contribution in [0.5, 0.6) is 0 Å². The predicted molar refractivity (Wildman–Crippen MR) is 79.7 cm³/mol. The van der Waals surface area contributed by atoms with E-state index in [0.717, 1.165) is 11.3 Å². The van der Waals surface area contributed by atoms with Crippen LogP contribution in [0.2, 0.25) is 5.02 Å². The SMILES string of the molecule is CC(C)CC(C)N(C)C(=O)c1cc(S)ccc1Cl. The first kappa shape index (κ1) is 15.4. The molecular weight excluding hydrogens is 266 g/mol. The van der Waals surface area contributed by atoms with Gasteiger partial charge in [0.15, 0.2) is 0 Å². The maximum Gasteiger partial charge on any atom is 0.255 e. The van der Waals surface area contributed by atoms with Crippen molar-refractivity contribution < 1.29 is 4.79 Å². The average Bonchev–Trinajstić information content (AvgIpc) is 2.29. The number of carbonyl (C=O) groups is 1. The largest absolute Gasteiger partial charge is 0.339 e. The summed E-state index contributed by atoms with van der Waals surface area (Å²) in [5, 5.41) is 0.474. The van der Waals surface area contributed by atoms with Crippen molar-refractivity contribution in [2.75, 3.05) is 7.05 Å². The predicted octanol–water partition coefficient (Wildman–Crippen LogP) is 4.14. The molecule has 1 rings (SSSR count). The summed E-state index contributed by atoms with van der Waals surface area (Å²) >= 11 is 10.3. The molecule has 2 nitrogen and oxygen atoms in total. The third-order valence-electron chi connectivity index (χ3n) is 2.97. The second-order valence-electron chi connectivity index (χ2n) is 5.06. The van der Waals surface area contributed by atoms with Gasteiger partial charge in [-0.15, -0.1) is 12.6 Å². The summed E-state index contributed by atoms with van der Waals surface area (Å²) in [5.74, 6) is 0.506. The highest BCUT2D eigenvalue weighted by Gasteiger charge is 2.20. The molecule has 0 fully saturated rings. The summed E-state index contributed by atoms with van der Waals surface area (Å²) < 4.78 is 0. The summed E-state index contributed by atoms with van der Waals surface area (Å²) in [4.78, 5) is 14.8. The Labute approximate surface area is 120 Å². The quantitative estimate of drug-likeness (QED) is 0.825. The van der Waals surface area contributed by atoms with Crippen molar-refractivity contribution in [2.24, 2.45) is 5.92 Å². The number of benzene rings is 1. The molecule has 0 aliphatic heterocycles. The Bertz CT molecular complexity index is 434. The van der Waals surface area contributed by atoms with Gasteiger partial charge in [0.05, 0.1) is 10.6 Å². The number of rotatable bonds is 4. The fourth-order valence-electron chi connectivity index (χ4n) is 1.91. The van der Waals surface area contributed by atoms with Crippen LogP contribution in [-0.2, 0) is 0 Å². The van der Waals surface area contributed by atoms with Gasteiger partial charge in [0.25, 0.3) is 5.91 Å². The van der Waals surface area contributed by atoms with Gasteiger partial charge in [-0.05, 0) is 37.5 Å². The van der Waals surface area contributed by atoms with Crippen molar-refractivity contribution in [1.82, 2.24) is 4.90 Å². The maximum atomic E-state index is 12.3. The van der Waals surface area contributed by atoms with Gasteiger partial charge in [-0.2, -0.15) is 0 Å². The fraction of sp³-hybridized carbons (Fsp3) is 0.500. The van der Waals surface area contributed by atoms with E-state index in [1.165, 1.54) is 0 Å². The van der Waals surface area contributed by atoms with Gasteiger partial charge in [0, 0.05) is 18.0 Å². The lowest BCUT2D eigenvalue weighted by Crippen LogP contribution is -2.36. The van der Waals surface area contributed by atoms with Gasteiger partial charge in [-0.25, -0.2) is 0 Å². The van der Waals surface area contributed by atoms with Crippen LogP contribution in [0, 0.1) is 5.92 Å². The molecule has 4 heteroatoms. The van der Waals surface area contributed by atoms with Crippen LogP contribution in [0.15, 0.2) is 23.1 Å². The molecule has 1 unspecified atom stereocenters. The Morgan fingerprint density at radius 3 is 2.56 bits per heavy atom. The van der Waals surface area contributed by atoms with Crippen molar-refractivity contribution in [3.05, 3.63) is 28.8 Å². The molecule has 18 heavy (non-hydrogen) atoms. The van der Waals surface area contributed by atoms with Crippen LogP contribution in [0.1, 0.15) is 37.6 Å². The average molecular weight is 286 g/mol. The first-order valence-electron chi connectivity index (χ1n) is 6.08. The van der Waals surface area contributed by atoms with Crippen LogP contribution in [0.3, 0.4) is 0 Å². The summed E-state index contributed by atoms with van der Waals surface area (Å²) in [7, 11) is 1.82. The van der Waals surface area contributed by atoms with Crippen LogP contribution in [0.4, 0.5) is 0 Å². The highest BCUT2D eigenvalue weighted by molar-refractivity contribution is 7.80. The number of hydrogen-bond acceptors (Lipinski definition) is 2. The van der Waals surface area contributed by atoms with E-state index >= 15 is 0 Å². The van der Waals surface area contributed by atoms with Gasteiger partial charge in [-0.1, -0.05) is 25.4 Å². The highest BCUT2D eigenvalue weighted by atomic mass is 35.5. The second-order valence-corrected chi connectivity index (χ2v) is 5.98. The zero-order valence-corrected chi connectivity index (χ0v) is 12.9. The number of carbonyl (C=O) groups excluding carboxylic acids is 1. The topological polar surface area (TPSA) is 20.3 Å². The molecule has 1 aromatic rings. The summed E-state index contributed by atoms with van der Waals surface area (Å²) in [6, 6.07) is 5.39. The third-order valence-corrected chi connectivity index (χ3v) is 3.58. The van der Waals surface area contributed by atoms with Gasteiger partial charge < -0.3 is 4.90 Å². The molecule has 0 aromatic heterocycles. The lowest BCUT2D eigenvalue weighted by molar-refractivity contribution is 0.0728. The number of thiol groups is 1. The lowest BCUT2D eigenvalue weighted by Gasteiger charge is -2.26. The maximum absolute atomic E-state index is 12.3. The molecule has 0 radical (unpaired) electrons. The van der Waals surface area contributed by atoms with E-state index < -0.39 is 0 Å². The number of nitrogens with zero attached hydrogens (tertiary/aromatic N) is 1. The first-order valence-corrected chi connectivity index (χ1v) is 6.91. The Hall–Kier alpha value is -0.670. The van der Waals surface area contributed by atoms with Crippen molar-refractivity contribution in [2.45, 2.75) is 38.1 Å². The van der Waals surface area contributed by atoms with Gasteiger partial charge in [0.2, 0.25) is 0 Å². The molecule has 100 valence electrons. The van der Waals surface area contributed by atoms with Crippen molar-refractivity contribution >= 4 is 30.1 Å². The molecule has 0 saturated carbocycles. The smallest absolute Gasteiger partial charge is 0.255 e. The van der Waals surface area contributed by atoms with E-state index in [2.05, 4.69) is 33.4 Å². The second kappa shape index (κ2) is 6.48. The Kier molecular flexibility index (Phi) is 5.54. The van der Waals surface area contributed by atoms with Crippen molar-refractivity contribution in [1.29, 1.82) is 0 Å². The van der Waals surface area contributed by atoms with E-state index in [4.69, 9.17) is 11.6 Å². The van der Waals surface area contributed by atoms with Crippen LogP contribution in [-0.4, -0.2) is 23.9 Å². The molecule has 0 heterocycles. The van der Waals surface area contributed by atoms with E-state index in [1.54, 1.807) is 23.1 Å². The lowest BCUT2D eigenvalue weighted by atomic mass is 10.0. The van der Waals surface area contributed by atoms with Crippen LogP contribution < -0.4 is 0 Å². The normalized spacial score (nSPS) is 12.6. The Morgan fingerprint density at radius 1 is 1.39 bits per heavy atom. The zero-order valence-electron chi connectivity index (χ0n) is 11.3. The van der Waals surface area contributed by atoms with Crippen molar-refractivity contribution in [3.8, 4) is 0 Å². The summed E-state index contributed by atoms with van der Waals surface area (Å²) in [6.07, 6.45) is 0.973. The number of amides is 1. The molecule has 0 saturated heterocycles. The van der Waals surface area contributed by atoms with Crippen LogP contribution in [0.25, 0.3) is 0 Å². The molecule has 0 aliphatic rings. The zero-order chi connectivity index (χ0) is 13.9. The minimum atomic E-state index is -0.0518. The molecular formula is C14H20ClNOS. The summed E-state index contributed by atoms with van der Waals surface area (Å²) in [5.41, 5.74) is 0.516. The first-order chi connectivity index (χ1) is 8.32. The monoisotopic (exact) mass is 285 g/mol. The molecule has 0 bridgehead atoms. The van der Waals surface area contributed by atoms with E-state index in [0.29, 0.717) is 16.5 Å². The molecule has 0 N–H and O–H groups in total. The molecule has 1 atom stereocenters. The minimum absolute atomic E-state index is 0.0518. The Balaban J connectivity index is 2.89. The van der Waals surface area contributed by atoms with Crippen LogP contribution >= 0.6 is 24.2 Å². The Morgan fingerprint density at radius 2 is 2.00 bits per heavy atom. The van der Waals surface area contributed by atoms with Gasteiger partial charge in [-0.3, -0.25) is 4.79 Å². The van der Waals surface area contributed by atoms with Gasteiger partial charge >= 0.3 is 0 Å². The number of hydrogen-bond donors (Lipinski definition) is 1.